The Morgan fingerprint density at radius 3 is 2.79 bits per heavy atom. The average Bonchev–Trinajstić information content (AvgIpc) is 3.40. The maximum absolute atomic E-state index is 12.9. The third kappa shape index (κ3) is 4.32. The Bertz CT molecular complexity index is 1000. The number of fused-ring (bicyclic) bond motifs is 1. The van der Waals surface area contributed by atoms with E-state index in [1.807, 2.05) is 36.1 Å². The van der Waals surface area contributed by atoms with E-state index in [2.05, 4.69) is 10.3 Å². The van der Waals surface area contributed by atoms with Crippen LogP contribution in [0.2, 0.25) is 5.02 Å². The fourth-order valence-corrected chi connectivity index (χ4v) is 4.13. The van der Waals surface area contributed by atoms with Crippen molar-refractivity contribution in [2.24, 2.45) is 11.8 Å². The van der Waals surface area contributed by atoms with Crippen molar-refractivity contribution in [2.75, 3.05) is 13.1 Å². The molecule has 2 N–H and O–H groups in total. The molecule has 1 aliphatic rings. The Labute approximate surface area is 174 Å². The summed E-state index contributed by atoms with van der Waals surface area (Å²) in [6.45, 7) is 3.66. The molecule has 1 fully saturated rings. The van der Waals surface area contributed by atoms with E-state index in [0.29, 0.717) is 30.4 Å². The van der Waals surface area contributed by atoms with Crippen molar-refractivity contribution in [3.05, 3.63) is 59.1 Å². The number of aromatic nitrogens is 1. The van der Waals surface area contributed by atoms with Crippen LogP contribution in [0.4, 0.5) is 0 Å². The number of nitrogens with one attached hydrogen (secondary N) is 2. The Morgan fingerprint density at radius 1 is 1.28 bits per heavy atom. The highest BCUT2D eigenvalue weighted by Crippen LogP contribution is 2.27. The molecule has 1 atom stereocenters. The highest BCUT2D eigenvalue weighted by molar-refractivity contribution is 6.31. The summed E-state index contributed by atoms with van der Waals surface area (Å²) in [4.78, 5) is 30.4. The van der Waals surface area contributed by atoms with E-state index in [1.54, 1.807) is 18.4 Å². The summed E-state index contributed by atoms with van der Waals surface area (Å²) in [5.74, 6) is 0.921. The number of amides is 2. The summed E-state index contributed by atoms with van der Waals surface area (Å²) in [7, 11) is 0. The van der Waals surface area contributed by atoms with Gasteiger partial charge in [-0.05, 0) is 55.2 Å². The molecular formula is C22H24ClN3O3. The second-order valence-electron chi connectivity index (χ2n) is 7.63. The molecule has 4 rings (SSSR count). The summed E-state index contributed by atoms with van der Waals surface area (Å²) >= 11 is 6.03. The van der Waals surface area contributed by atoms with Crippen LogP contribution in [0.1, 0.15) is 36.0 Å². The molecule has 3 heterocycles. The molecule has 2 aromatic heterocycles. The second kappa shape index (κ2) is 8.33. The highest BCUT2D eigenvalue weighted by Gasteiger charge is 2.30. The normalized spacial score (nSPS) is 16.1. The quantitative estimate of drug-likeness (QED) is 0.657. The van der Waals surface area contributed by atoms with Crippen molar-refractivity contribution in [1.82, 2.24) is 15.2 Å². The van der Waals surface area contributed by atoms with E-state index in [1.165, 1.54) is 0 Å². The van der Waals surface area contributed by atoms with Gasteiger partial charge < -0.3 is 19.6 Å². The molecule has 0 radical (unpaired) electrons. The predicted molar refractivity (Wildman–Crippen MR) is 112 cm³/mol. The van der Waals surface area contributed by atoms with Crippen LogP contribution >= 0.6 is 11.6 Å². The molecule has 3 aromatic rings. The average molecular weight is 414 g/mol. The summed E-state index contributed by atoms with van der Waals surface area (Å²) in [5, 5.41) is 4.51. The van der Waals surface area contributed by atoms with Crippen LogP contribution in [0, 0.1) is 11.8 Å². The first-order valence-electron chi connectivity index (χ1n) is 9.89. The number of H-pyrrole nitrogens is 1. The second-order valence-corrected chi connectivity index (χ2v) is 8.07. The lowest BCUT2D eigenvalue weighted by molar-refractivity contribution is -0.126. The van der Waals surface area contributed by atoms with Crippen molar-refractivity contribution < 1.29 is 14.0 Å². The number of nitrogens with zero attached hydrogens (tertiary/aromatic N) is 1. The summed E-state index contributed by atoms with van der Waals surface area (Å²) < 4.78 is 5.25. The maximum atomic E-state index is 12.9. The van der Waals surface area contributed by atoms with Gasteiger partial charge in [-0.1, -0.05) is 18.5 Å². The van der Waals surface area contributed by atoms with Gasteiger partial charge in [0.15, 0.2) is 0 Å². The fourth-order valence-electron chi connectivity index (χ4n) is 3.95. The first-order chi connectivity index (χ1) is 14.0. The van der Waals surface area contributed by atoms with E-state index in [9.17, 15) is 9.59 Å². The third-order valence-corrected chi connectivity index (χ3v) is 6.01. The molecule has 1 aromatic carbocycles. The number of rotatable bonds is 5. The van der Waals surface area contributed by atoms with Gasteiger partial charge in [0.2, 0.25) is 5.91 Å². The molecule has 1 aliphatic heterocycles. The van der Waals surface area contributed by atoms with E-state index < -0.39 is 0 Å². The Morgan fingerprint density at radius 2 is 2.07 bits per heavy atom. The van der Waals surface area contributed by atoms with Gasteiger partial charge in [0.1, 0.15) is 11.5 Å². The largest absolute Gasteiger partial charge is 0.467 e. The molecule has 0 unspecified atom stereocenters. The van der Waals surface area contributed by atoms with Crippen molar-refractivity contribution in [3.8, 4) is 0 Å². The van der Waals surface area contributed by atoms with Crippen LogP contribution in [0.5, 0.6) is 0 Å². The van der Waals surface area contributed by atoms with Crippen LogP contribution in [0.25, 0.3) is 10.9 Å². The van der Waals surface area contributed by atoms with Gasteiger partial charge in [-0.25, -0.2) is 0 Å². The van der Waals surface area contributed by atoms with Gasteiger partial charge in [0, 0.05) is 34.9 Å². The lowest BCUT2D eigenvalue weighted by Gasteiger charge is -2.34. The maximum Gasteiger partial charge on any atom is 0.270 e. The molecule has 1 saturated heterocycles. The van der Waals surface area contributed by atoms with Gasteiger partial charge in [-0.2, -0.15) is 0 Å². The number of hydrogen-bond acceptors (Lipinski definition) is 3. The first-order valence-corrected chi connectivity index (χ1v) is 10.3. The predicted octanol–water partition coefficient (Wildman–Crippen LogP) is 4.22. The van der Waals surface area contributed by atoms with Crippen molar-refractivity contribution >= 4 is 34.3 Å². The number of piperidine rings is 1. The molecule has 2 amide bonds. The standard InChI is InChI=1S/C22H24ClN3O3/c1-14(21(27)24-13-18-3-2-10-29-18)15-6-8-26(9-7-15)22(28)20-12-16-11-17(23)4-5-19(16)25-20/h2-5,10-12,14-15,25H,6-9,13H2,1H3,(H,24,27)/t14-/m1/s1. The zero-order valence-corrected chi connectivity index (χ0v) is 17.0. The van der Waals surface area contributed by atoms with Gasteiger partial charge in [0.05, 0.1) is 12.8 Å². The zero-order chi connectivity index (χ0) is 20.4. The molecule has 7 heteroatoms. The Balaban J connectivity index is 1.32. The van der Waals surface area contributed by atoms with E-state index in [4.69, 9.17) is 16.0 Å². The number of furan rings is 1. The van der Waals surface area contributed by atoms with Gasteiger partial charge >= 0.3 is 0 Å². The number of benzene rings is 1. The van der Waals surface area contributed by atoms with Gasteiger partial charge in [-0.15, -0.1) is 0 Å². The minimum Gasteiger partial charge on any atom is -0.467 e. The smallest absolute Gasteiger partial charge is 0.270 e. The number of aromatic amines is 1. The lowest BCUT2D eigenvalue weighted by Crippen LogP contribution is -2.42. The number of halogens is 1. The van der Waals surface area contributed by atoms with Crippen LogP contribution in [0.15, 0.2) is 47.1 Å². The van der Waals surface area contributed by atoms with Gasteiger partial charge in [0.25, 0.3) is 5.91 Å². The van der Waals surface area contributed by atoms with Crippen molar-refractivity contribution in [2.45, 2.75) is 26.3 Å². The molecule has 0 bridgehead atoms. The van der Waals surface area contributed by atoms with Crippen LogP contribution < -0.4 is 5.32 Å². The number of likely N-dealkylation sites (tertiary alicyclic amines) is 1. The monoisotopic (exact) mass is 413 g/mol. The third-order valence-electron chi connectivity index (χ3n) is 5.78. The summed E-state index contributed by atoms with van der Waals surface area (Å²) in [6, 6.07) is 11.0. The summed E-state index contributed by atoms with van der Waals surface area (Å²) in [6.07, 6.45) is 3.22. The van der Waals surface area contributed by atoms with Crippen LogP contribution in [-0.2, 0) is 11.3 Å². The first kappa shape index (κ1) is 19.6. The topological polar surface area (TPSA) is 78.3 Å². The molecule has 0 saturated carbocycles. The number of carbonyl (C=O) groups excluding carboxylic acids is 2. The van der Waals surface area contributed by atoms with Crippen LogP contribution in [0.3, 0.4) is 0 Å². The Kier molecular flexibility index (Phi) is 5.62. The van der Waals surface area contributed by atoms with Crippen LogP contribution in [-0.4, -0.2) is 34.8 Å². The molecule has 0 aliphatic carbocycles. The minimum absolute atomic E-state index is 0.00861. The fraction of sp³-hybridized carbons (Fsp3) is 0.364. The van der Waals surface area contributed by atoms with Gasteiger partial charge in [-0.3, -0.25) is 9.59 Å². The lowest BCUT2D eigenvalue weighted by atomic mass is 9.84. The highest BCUT2D eigenvalue weighted by atomic mass is 35.5. The molecule has 0 spiro atoms. The number of carbonyl (C=O) groups is 2. The number of hydrogen-bond donors (Lipinski definition) is 2. The van der Waals surface area contributed by atoms with E-state index in [0.717, 1.165) is 29.5 Å². The van der Waals surface area contributed by atoms with E-state index in [-0.39, 0.29) is 23.7 Å². The molecule has 29 heavy (non-hydrogen) atoms. The molecular weight excluding hydrogens is 390 g/mol. The molecule has 152 valence electrons. The molecule has 6 nitrogen and oxygen atoms in total. The SMILES string of the molecule is C[C@@H](C(=O)NCc1ccco1)C1CCN(C(=O)c2cc3cc(Cl)ccc3[nH]2)CC1. The van der Waals surface area contributed by atoms with E-state index >= 15 is 0 Å². The summed E-state index contributed by atoms with van der Waals surface area (Å²) in [5.41, 5.74) is 1.47. The zero-order valence-electron chi connectivity index (χ0n) is 16.3. The minimum atomic E-state index is -0.0996. The van der Waals surface area contributed by atoms with Crippen molar-refractivity contribution in [1.29, 1.82) is 0 Å². The Hall–Kier alpha value is -2.73. The van der Waals surface area contributed by atoms with Crippen molar-refractivity contribution in [3.63, 3.8) is 0 Å².